The zero-order chi connectivity index (χ0) is 23.1. The molecule has 0 aliphatic carbocycles. The van der Waals surface area contributed by atoms with Gasteiger partial charge in [0.2, 0.25) is 0 Å². The minimum atomic E-state index is -0.729. The number of hydrogen-bond acceptors (Lipinski definition) is 7. The van der Waals surface area contributed by atoms with Crippen LogP contribution in [-0.2, 0) is 4.74 Å². The monoisotopic (exact) mass is 447 g/mol. The number of halogens is 1. The minimum Gasteiger partial charge on any atom is -0.496 e. The molecule has 31 heavy (non-hydrogen) atoms. The second-order valence-corrected chi connectivity index (χ2v) is 6.97. The number of rotatable bonds is 9. The Balaban J connectivity index is 2.43. The number of benzene rings is 1. The molecule has 0 spiro atoms. The highest BCUT2D eigenvalue weighted by molar-refractivity contribution is 6.33. The van der Waals surface area contributed by atoms with Crippen LogP contribution in [0.4, 0.5) is 5.69 Å². The van der Waals surface area contributed by atoms with E-state index in [-0.39, 0.29) is 39.2 Å². The first kappa shape index (κ1) is 24.1. The number of nitrogens with zero attached hydrogens (tertiary/aromatic N) is 3. The Hall–Kier alpha value is -3.22. The maximum atomic E-state index is 12.7. The van der Waals surface area contributed by atoms with Crippen molar-refractivity contribution in [1.82, 2.24) is 14.8 Å². The highest BCUT2D eigenvalue weighted by Gasteiger charge is 2.24. The van der Waals surface area contributed by atoms with Crippen molar-refractivity contribution in [1.29, 1.82) is 5.26 Å². The van der Waals surface area contributed by atoms with Gasteiger partial charge >= 0.3 is 5.97 Å². The topological polar surface area (TPSA) is 123 Å². The molecule has 166 valence electrons. The van der Waals surface area contributed by atoms with E-state index in [2.05, 4.69) is 24.1 Å². The first-order valence-electron chi connectivity index (χ1n) is 9.70. The molecule has 0 saturated heterocycles. The molecule has 9 nitrogen and oxygen atoms in total. The molecule has 1 heterocycles. The molecule has 0 aliphatic heterocycles. The molecule has 0 atom stereocenters. The zero-order valence-corrected chi connectivity index (χ0v) is 18.7. The number of hydrogen-bond donors (Lipinski definition) is 2. The summed E-state index contributed by atoms with van der Waals surface area (Å²) in [5.41, 5.74) is 6.52. The second kappa shape index (κ2) is 10.7. The molecule has 0 unspecified atom stereocenters. The molecule has 0 bridgehead atoms. The SMILES string of the molecule is CCN(CC)CCNC(=O)c1cc(Cl)c(-n2cc(C#N)c(N)c2C(=O)OC)cc1OC. The Morgan fingerprint density at radius 1 is 1.29 bits per heavy atom. The van der Waals surface area contributed by atoms with Crippen LogP contribution in [0, 0.1) is 11.3 Å². The van der Waals surface area contributed by atoms with E-state index in [1.54, 1.807) is 0 Å². The summed E-state index contributed by atoms with van der Waals surface area (Å²) in [4.78, 5) is 27.1. The Morgan fingerprint density at radius 3 is 2.52 bits per heavy atom. The predicted octanol–water partition coefficient (Wildman–Crippen LogP) is 2.45. The zero-order valence-electron chi connectivity index (χ0n) is 18.0. The lowest BCUT2D eigenvalue weighted by Gasteiger charge is -2.19. The lowest BCUT2D eigenvalue weighted by molar-refractivity contribution is 0.0592. The Kier molecular flexibility index (Phi) is 8.30. The number of ether oxygens (including phenoxy) is 2. The molecule has 10 heteroatoms. The largest absolute Gasteiger partial charge is 0.496 e. The molecular formula is C21H26ClN5O4. The van der Waals surface area contributed by atoms with Gasteiger partial charge in [0.1, 0.15) is 11.8 Å². The van der Waals surface area contributed by atoms with Crippen molar-refractivity contribution in [3.8, 4) is 17.5 Å². The van der Waals surface area contributed by atoms with Crippen molar-refractivity contribution in [2.24, 2.45) is 0 Å². The van der Waals surface area contributed by atoms with Gasteiger partial charge in [-0.2, -0.15) is 5.26 Å². The summed E-state index contributed by atoms with van der Waals surface area (Å²) in [5, 5.41) is 12.3. The maximum Gasteiger partial charge on any atom is 0.357 e. The third-order valence-corrected chi connectivity index (χ3v) is 5.23. The average molecular weight is 448 g/mol. The van der Waals surface area contributed by atoms with E-state index in [0.717, 1.165) is 19.6 Å². The van der Waals surface area contributed by atoms with Crippen LogP contribution < -0.4 is 15.8 Å². The van der Waals surface area contributed by atoms with Crippen LogP contribution in [0.5, 0.6) is 5.75 Å². The number of nitrogen functional groups attached to an aromatic ring is 1. The quantitative estimate of drug-likeness (QED) is 0.566. The second-order valence-electron chi connectivity index (χ2n) is 6.57. The number of esters is 1. The normalized spacial score (nSPS) is 10.6. The van der Waals surface area contributed by atoms with Crippen LogP contribution in [0.2, 0.25) is 5.02 Å². The molecular weight excluding hydrogens is 422 g/mol. The number of likely N-dealkylation sites (N-methyl/N-ethyl adjacent to an activating group) is 1. The molecule has 2 aromatic rings. The smallest absolute Gasteiger partial charge is 0.357 e. The van der Waals surface area contributed by atoms with Crippen molar-refractivity contribution in [2.45, 2.75) is 13.8 Å². The fourth-order valence-electron chi connectivity index (χ4n) is 3.14. The molecule has 1 aromatic carbocycles. The number of nitrogens with two attached hydrogens (primary N) is 1. The molecule has 0 radical (unpaired) electrons. The lowest BCUT2D eigenvalue weighted by atomic mass is 10.1. The third kappa shape index (κ3) is 5.10. The van der Waals surface area contributed by atoms with E-state index < -0.39 is 5.97 Å². The van der Waals surface area contributed by atoms with E-state index in [4.69, 9.17) is 26.8 Å². The van der Waals surface area contributed by atoms with Crippen LogP contribution in [0.3, 0.4) is 0 Å². The molecule has 1 amide bonds. The number of carbonyl (C=O) groups excluding carboxylic acids is 2. The van der Waals surface area contributed by atoms with E-state index >= 15 is 0 Å². The van der Waals surface area contributed by atoms with E-state index in [1.807, 2.05) is 6.07 Å². The van der Waals surface area contributed by atoms with Gasteiger partial charge in [-0.3, -0.25) is 4.79 Å². The van der Waals surface area contributed by atoms with E-state index in [9.17, 15) is 14.9 Å². The number of methoxy groups -OCH3 is 2. The number of amides is 1. The summed E-state index contributed by atoms with van der Waals surface area (Å²) in [6.07, 6.45) is 1.38. The Labute approximate surface area is 186 Å². The molecule has 1 aromatic heterocycles. The third-order valence-electron chi connectivity index (χ3n) is 4.92. The van der Waals surface area contributed by atoms with Gasteiger partial charge in [0.05, 0.1) is 41.7 Å². The fraction of sp³-hybridized carbons (Fsp3) is 0.381. The molecule has 3 N–H and O–H groups in total. The molecule has 0 fully saturated rings. The first-order chi connectivity index (χ1) is 14.8. The first-order valence-corrected chi connectivity index (χ1v) is 10.1. The summed E-state index contributed by atoms with van der Waals surface area (Å²) >= 11 is 6.45. The van der Waals surface area contributed by atoms with Crippen molar-refractivity contribution in [3.05, 3.63) is 40.2 Å². The number of nitriles is 1. The Bertz CT molecular complexity index is 1010. The Morgan fingerprint density at radius 2 is 1.97 bits per heavy atom. The number of aromatic nitrogens is 1. The van der Waals surface area contributed by atoms with Gasteiger partial charge in [0.15, 0.2) is 5.69 Å². The van der Waals surface area contributed by atoms with E-state index in [1.165, 1.54) is 37.1 Å². The van der Waals surface area contributed by atoms with Gasteiger partial charge in [-0.25, -0.2) is 4.79 Å². The minimum absolute atomic E-state index is 0.0254. The van der Waals surface area contributed by atoms with Crippen LogP contribution in [0.15, 0.2) is 18.3 Å². The maximum absolute atomic E-state index is 12.7. The average Bonchev–Trinajstić information content (AvgIpc) is 3.11. The van der Waals surface area contributed by atoms with Crippen molar-refractivity contribution >= 4 is 29.2 Å². The van der Waals surface area contributed by atoms with Gasteiger partial charge in [-0.1, -0.05) is 25.4 Å². The van der Waals surface area contributed by atoms with Gasteiger partial charge in [-0.15, -0.1) is 0 Å². The van der Waals surface area contributed by atoms with Crippen molar-refractivity contribution in [3.63, 3.8) is 0 Å². The van der Waals surface area contributed by atoms with Crippen LogP contribution in [0.1, 0.15) is 40.3 Å². The van der Waals surface area contributed by atoms with Gasteiger partial charge in [0.25, 0.3) is 5.91 Å². The summed E-state index contributed by atoms with van der Waals surface area (Å²) in [7, 11) is 2.63. The molecule has 0 aliphatic rings. The fourth-order valence-corrected chi connectivity index (χ4v) is 3.40. The standard InChI is InChI=1S/C21H26ClN5O4/c1-5-26(6-2)8-7-25-20(28)14-9-15(22)16(10-17(14)30-3)27-12-13(11-23)18(24)19(27)21(29)31-4/h9-10,12H,5-8,24H2,1-4H3,(H,25,28). The highest BCUT2D eigenvalue weighted by Crippen LogP contribution is 2.33. The van der Waals surface area contributed by atoms with Gasteiger partial charge in [0, 0.05) is 25.4 Å². The molecule has 2 rings (SSSR count). The van der Waals surface area contributed by atoms with Crippen molar-refractivity contribution < 1.29 is 19.1 Å². The molecule has 0 saturated carbocycles. The van der Waals surface area contributed by atoms with E-state index in [0.29, 0.717) is 12.2 Å². The van der Waals surface area contributed by atoms with Crippen LogP contribution >= 0.6 is 11.6 Å². The predicted molar refractivity (Wildman–Crippen MR) is 118 cm³/mol. The van der Waals surface area contributed by atoms with Crippen molar-refractivity contribution in [2.75, 3.05) is 46.1 Å². The summed E-state index contributed by atoms with van der Waals surface area (Å²) < 4.78 is 11.5. The summed E-state index contributed by atoms with van der Waals surface area (Å²) in [5.74, 6) is -0.816. The number of carbonyl (C=O) groups is 2. The number of anilines is 1. The van der Waals surface area contributed by atoms with Crippen LogP contribution in [-0.4, -0.2) is 61.7 Å². The summed E-state index contributed by atoms with van der Waals surface area (Å²) in [6, 6.07) is 4.89. The number of nitrogens with one attached hydrogen (secondary N) is 1. The highest BCUT2D eigenvalue weighted by atomic mass is 35.5. The lowest BCUT2D eigenvalue weighted by Crippen LogP contribution is -2.35. The van der Waals surface area contributed by atoms with Crippen LogP contribution in [0.25, 0.3) is 5.69 Å². The summed E-state index contributed by atoms with van der Waals surface area (Å²) in [6.45, 7) is 7.08. The van der Waals surface area contributed by atoms with Gasteiger partial charge in [-0.05, 0) is 19.2 Å². The van der Waals surface area contributed by atoms with Gasteiger partial charge < -0.3 is 30.0 Å².